The second-order valence-corrected chi connectivity index (χ2v) is 24.4. The van der Waals surface area contributed by atoms with Crippen LogP contribution in [0, 0.1) is 63.6 Å². The summed E-state index contributed by atoms with van der Waals surface area (Å²) in [6.07, 6.45) is 20.3. The first-order valence-electron chi connectivity index (χ1n) is 23.3. The number of rotatable bonds is 11. The number of nitrogens with zero attached hydrogens (tertiary/aromatic N) is 2. The lowest BCUT2D eigenvalue weighted by molar-refractivity contribution is -0.221. The van der Waals surface area contributed by atoms with Gasteiger partial charge in [0.1, 0.15) is 0 Å². The zero-order valence-corrected chi connectivity index (χ0v) is 38.3. The normalized spacial score (nSPS) is 41.3. The van der Waals surface area contributed by atoms with Gasteiger partial charge in [0.2, 0.25) is 5.88 Å². The lowest BCUT2D eigenvalue weighted by Gasteiger charge is -2.72. The van der Waals surface area contributed by atoms with Crippen molar-refractivity contribution in [3.05, 3.63) is 59.3 Å². The minimum atomic E-state index is -2.87. The molecule has 5 fully saturated rings. The van der Waals surface area contributed by atoms with Crippen LogP contribution in [0.5, 0.6) is 5.88 Å². The predicted molar refractivity (Wildman–Crippen MR) is 237 cm³/mol. The fourth-order valence-electron chi connectivity index (χ4n) is 15.7. The summed E-state index contributed by atoms with van der Waals surface area (Å²) in [4.78, 5) is 19.5. The third-order valence-corrected chi connectivity index (χ3v) is 20.8. The summed E-state index contributed by atoms with van der Waals surface area (Å²) in [7, 11) is -2.87. The van der Waals surface area contributed by atoms with Crippen molar-refractivity contribution in [1.29, 1.82) is 0 Å². The van der Waals surface area contributed by atoms with Gasteiger partial charge in [-0.3, -0.25) is 4.79 Å². The molecule has 10 atom stereocenters. The number of allylic oxidation sites excluding steroid dienone is 5. The summed E-state index contributed by atoms with van der Waals surface area (Å²) in [6.45, 7) is 25.5. The van der Waals surface area contributed by atoms with Crippen LogP contribution in [0.15, 0.2) is 53.8 Å². The van der Waals surface area contributed by atoms with Crippen LogP contribution < -0.4 is 10.1 Å². The molecular weight excluding hydrogens is 755 g/mol. The number of ether oxygens (including phenoxy) is 1. The van der Waals surface area contributed by atoms with E-state index in [1.54, 1.807) is 6.20 Å². The number of sulfone groups is 1. The van der Waals surface area contributed by atoms with E-state index in [0.29, 0.717) is 85.9 Å². The molecule has 0 spiro atoms. The van der Waals surface area contributed by atoms with Gasteiger partial charge in [-0.15, -0.1) is 0 Å². The SMILES string of the molecule is C=C(C)C1CC[C@]2(NCCN3CCS(=O)(=O)CC3)CC[C@]3(C)[C@H](CC[C@@H]4[C@@]5(C)CC=C(C6=CCC(CCOc7ncccc7C)(C(=O)O)CC6)C(C)(C)[C@@H]5CC[C@]43C)[C@@H]12. The van der Waals surface area contributed by atoms with E-state index < -0.39 is 21.2 Å². The molecule has 1 aliphatic heterocycles. The van der Waals surface area contributed by atoms with Crippen molar-refractivity contribution in [2.45, 2.75) is 137 Å². The predicted octanol–water partition coefficient (Wildman–Crippen LogP) is 9.61. The average Bonchev–Trinajstić information content (AvgIpc) is 3.57. The fourth-order valence-corrected chi connectivity index (χ4v) is 17.0. The van der Waals surface area contributed by atoms with E-state index in [0.717, 1.165) is 31.5 Å². The van der Waals surface area contributed by atoms with Crippen molar-refractivity contribution in [1.82, 2.24) is 15.2 Å². The largest absolute Gasteiger partial charge is 0.481 e. The van der Waals surface area contributed by atoms with E-state index >= 15 is 0 Å². The highest BCUT2D eigenvalue weighted by molar-refractivity contribution is 7.91. The van der Waals surface area contributed by atoms with E-state index in [1.165, 1.54) is 68.1 Å². The first-order chi connectivity index (χ1) is 27.8. The monoisotopic (exact) mass is 830 g/mol. The van der Waals surface area contributed by atoms with E-state index in [2.05, 4.69) is 75.5 Å². The molecule has 8 rings (SSSR count). The number of hydrogen-bond acceptors (Lipinski definition) is 7. The Morgan fingerprint density at radius 3 is 2.41 bits per heavy atom. The van der Waals surface area contributed by atoms with Crippen LogP contribution in [0.2, 0.25) is 0 Å². The number of aromatic nitrogens is 1. The number of aliphatic carboxylic acids is 1. The fraction of sp³-hybridized carbons (Fsp3) is 0.760. The van der Waals surface area contributed by atoms with Crippen LogP contribution in [0.4, 0.5) is 0 Å². The average molecular weight is 830 g/mol. The van der Waals surface area contributed by atoms with Gasteiger partial charge in [-0.2, -0.15) is 0 Å². The Morgan fingerprint density at radius 2 is 1.73 bits per heavy atom. The van der Waals surface area contributed by atoms with Gasteiger partial charge in [-0.1, -0.05) is 65.0 Å². The molecule has 0 radical (unpaired) electrons. The second-order valence-electron chi connectivity index (χ2n) is 22.0. The standard InChI is InChI=1S/C50H75N3O5S/c1-34(2)37-15-22-50(52-27-28-53-29-32-59(56,57)33-30-53)24-23-47(7)39(42(37)50)11-12-41-46(6)18-16-38(45(4,5)40(46)17-19-48(41,47)8)36-13-20-49(21-14-36,44(54)55)25-31-58-43-35(3)10-9-26-51-43/h9-10,13,16,26,37,39-42,52H,1,11-12,14-15,17-25,27-33H2,2-8H3,(H,54,55)/t37?,39-,40+,41-,42-,46+,47-,48-,49?,50+/m1/s1. The van der Waals surface area contributed by atoms with Gasteiger partial charge in [0.05, 0.1) is 23.5 Å². The number of carboxylic acids is 1. The van der Waals surface area contributed by atoms with Crippen molar-refractivity contribution in [3.63, 3.8) is 0 Å². The summed E-state index contributed by atoms with van der Waals surface area (Å²) in [6, 6.07) is 3.86. The van der Waals surface area contributed by atoms with Gasteiger partial charge in [0, 0.05) is 43.5 Å². The first kappa shape index (κ1) is 43.2. The van der Waals surface area contributed by atoms with Crippen LogP contribution in [0.3, 0.4) is 0 Å². The molecule has 9 heteroatoms. The molecule has 0 aromatic carbocycles. The summed E-state index contributed by atoms with van der Waals surface area (Å²) < 4.78 is 30.2. The molecule has 2 unspecified atom stereocenters. The van der Waals surface area contributed by atoms with E-state index in [4.69, 9.17) is 4.74 Å². The maximum atomic E-state index is 12.8. The highest BCUT2D eigenvalue weighted by atomic mass is 32.2. The Morgan fingerprint density at radius 1 is 0.966 bits per heavy atom. The molecule has 2 heterocycles. The van der Waals surface area contributed by atoms with Crippen molar-refractivity contribution >= 4 is 15.8 Å². The number of carbonyl (C=O) groups is 1. The van der Waals surface area contributed by atoms with Gasteiger partial charge in [-0.25, -0.2) is 13.4 Å². The van der Waals surface area contributed by atoms with E-state index in [1.807, 2.05) is 19.1 Å². The number of pyridine rings is 1. The lowest BCUT2D eigenvalue weighted by Crippen LogP contribution is -2.68. The molecule has 2 N–H and O–H groups in total. The molecule has 1 aromatic rings. The number of carboxylic acid groups (broad SMARTS) is 1. The molecular formula is C50H75N3O5S. The molecule has 0 bridgehead atoms. The molecule has 1 aromatic heterocycles. The van der Waals surface area contributed by atoms with Gasteiger partial charge < -0.3 is 20.1 Å². The summed E-state index contributed by atoms with van der Waals surface area (Å²) in [5.41, 5.74) is 5.28. The quantitative estimate of drug-likeness (QED) is 0.213. The maximum Gasteiger partial charge on any atom is 0.310 e. The van der Waals surface area contributed by atoms with Crippen LogP contribution in [0.1, 0.15) is 131 Å². The minimum absolute atomic E-state index is 0.0153. The first-order valence-corrected chi connectivity index (χ1v) is 25.1. The maximum absolute atomic E-state index is 12.8. The molecule has 326 valence electrons. The van der Waals surface area contributed by atoms with Crippen LogP contribution in [-0.2, 0) is 14.6 Å². The smallest absolute Gasteiger partial charge is 0.310 e. The van der Waals surface area contributed by atoms with Crippen LogP contribution in [-0.4, -0.2) is 79.2 Å². The minimum Gasteiger partial charge on any atom is -0.481 e. The zero-order valence-electron chi connectivity index (χ0n) is 37.5. The number of fused-ring (bicyclic) bond motifs is 7. The third kappa shape index (κ3) is 7.11. The van der Waals surface area contributed by atoms with Crippen LogP contribution >= 0.6 is 0 Å². The Labute approximate surface area is 356 Å². The highest BCUT2D eigenvalue weighted by Gasteiger charge is 2.70. The van der Waals surface area contributed by atoms with Gasteiger partial charge in [0.15, 0.2) is 9.84 Å². The molecule has 6 aliphatic carbocycles. The Bertz CT molecular complexity index is 1980. The van der Waals surface area contributed by atoms with Gasteiger partial charge in [0.25, 0.3) is 0 Å². The second kappa shape index (κ2) is 15.4. The van der Waals surface area contributed by atoms with Gasteiger partial charge in [-0.05, 0) is 166 Å². The number of aryl methyl sites for hydroxylation is 1. The lowest BCUT2D eigenvalue weighted by atomic mass is 9.33. The van der Waals surface area contributed by atoms with E-state index in [-0.39, 0.29) is 27.2 Å². The summed E-state index contributed by atoms with van der Waals surface area (Å²) in [5, 5.41) is 14.8. The highest BCUT2D eigenvalue weighted by Crippen LogP contribution is 2.76. The molecule has 7 aliphatic rings. The number of hydrogen-bond donors (Lipinski definition) is 2. The van der Waals surface area contributed by atoms with Crippen molar-refractivity contribution in [2.75, 3.05) is 44.3 Å². The van der Waals surface area contributed by atoms with E-state index in [9.17, 15) is 18.3 Å². The zero-order chi connectivity index (χ0) is 42.2. The van der Waals surface area contributed by atoms with Gasteiger partial charge >= 0.3 is 5.97 Å². The van der Waals surface area contributed by atoms with Crippen molar-refractivity contribution in [3.8, 4) is 5.88 Å². The molecule has 4 saturated carbocycles. The summed E-state index contributed by atoms with van der Waals surface area (Å²) >= 11 is 0. The van der Waals surface area contributed by atoms with Crippen molar-refractivity contribution in [2.24, 2.45) is 56.7 Å². The Balaban J connectivity index is 0.993. The number of nitrogens with one attached hydrogen (secondary N) is 1. The Kier molecular flexibility index (Phi) is 11.3. The molecule has 1 saturated heterocycles. The topological polar surface area (TPSA) is 109 Å². The molecule has 0 amide bonds. The van der Waals surface area contributed by atoms with Crippen LogP contribution in [0.25, 0.3) is 0 Å². The summed E-state index contributed by atoms with van der Waals surface area (Å²) in [5.74, 6) is 3.53. The molecule has 8 nitrogen and oxygen atoms in total. The third-order valence-electron chi connectivity index (χ3n) is 19.2. The van der Waals surface area contributed by atoms with Crippen molar-refractivity contribution < 1.29 is 23.1 Å². The molecule has 59 heavy (non-hydrogen) atoms. The Hall–Kier alpha value is -2.49.